The van der Waals surface area contributed by atoms with Crippen molar-refractivity contribution < 1.29 is 19.0 Å². The summed E-state index contributed by atoms with van der Waals surface area (Å²) in [5, 5.41) is 5.25. The maximum atomic E-state index is 12.3. The highest BCUT2D eigenvalue weighted by Crippen LogP contribution is 2.35. The summed E-state index contributed by atoms with van der Waals surface area (Å²) in [6, 6.07) is 14.8. The van der Waals surface area contributed by atoms with E-state index in [1.165, 1.54) is 14.2 Å². The molecule has 0 unspecified atom stereocenters. The molecule has 5 nitrogen and oxygen atoms in total. The number of nitrogens with one attached hydrogen (secondary N) is 1. The number of methoxy groups -OCH3 is 2. The fraction of sp³-hybridized carbons (Fsp3) is 0.150. The van der Waals surface area contributed by atoms with E-state index in [0.29, 0.717) is 28.0 Å². The number of carbonyl (C=O) groups is 1. The summed E-state index contributed by atoms with van der Waals surface area (Å²) in [7, 11) is 3.00. The highest BCUT2D eigenvalue weighted by Gasteiger charge is 2.13. The lowest BCUT2D eigenvalue weighted by molar-refractivity contribution is -0.118. The van der Waals surface area contributed by atoms with Gasteiger partial charge in [-0.1, -0.05) is 39.7 Å². The zero-order chi connectivity index (χ0) is 19.4. The average Bonchev–Trinajstić information content (AvgIpc) is 2.67. The number of carbonyl (C=O) groups excluding carboxylic acids is 1. The highest BCUT2D eigenvalue weighted by atomic mass is 79.9. The van der Waals surface area contributed by atoms with Gasteiger partial charge < -0.3 is 19.5 Å². The van der Waals surface area contributed by atoms with Gasteiger partial charge in [0.1, 0.15) is 17.2 Å². The van der Waals surface area contributed by atoms with Crippen molar-refractivity contribution in [2.24, 2.45) is 0 Å². The van der Waals surface area contributed by atoms with Crippen LogP contribution in [0.3, 0.4) is 0 Å². The summed E-state index contributed by atoms with van der Waals surface area (Å²) >= 11 is 9.52. The first-order valence-corrected chi connectivity index (χ1v) is 9.20. The van der Waals surface area contributed by atoms with Crippen LogP contribution in [0, 0.1) is 0 Å². The van der Waals surface area contributed by atoms with Crippen LogP contribution in [-0.4, -0.2) is 26.7 Å². The van der Waals surface area contributed by atoms with Crippen LogP contribution in [0.2, 0.25) is 5.02 Å². The first-order valence-electron chi connectivity index (χ1n) is 8.03. The van der Waals surface area contributed by atoms with E-state index in [4.69, 9.17) is 25.8 Å². The SMILES string of the molecule is COc1cc(NC(=O)COc2ccc3cc(Br)ccc3c2)c(OC)cc1Cl. The van der Waals surface area contributed by atoms with Gasteiger partial charge in [0.05, 0.1) is 24.9 Å². The number of rotatable bonds is 6. The Hall–Kier alpha value is -2.44. The van der Waals surface area contributed by atoms with Gasteiger partial charge in [-0.05, 0) is 35.0 Å². The Labute approximate surface area is 170 Å². The van der Waals surface area contributed by atoms with E-state index in [9.17, 15) is 4.79 Å². The summed E-state index contributed by atoms with van der Waals surface area (Å²) in [5.74, 6) is 1.16. The second kappa shape index (κ2) is 8.50. The molecule has 0 saturated carbocycles. The molecule has 0 aliphatic rings. The van der Waals surface area contributed by atoms with Crippen LogP contribution in [-0.2, 0) is 4.79 Å². The fourth-order valence-electron chi connectivity index (χ4n) is 2.58. The summed E-state index contributed by atoms with van der Waals surface area (Å²) in [5.41, 5.74) is 0.454. The molecule has 0 radical (unpaired) electrons. The number of halogens is 2. The molecule has 0 aromatic heterocycles. The van der Waals surface area contributed by atoms with Crippen LogP contribution in [0.5, 0.6) is 17.2 Å². The van der Waals surface area contributed by atoms with E-state index in [1.807, 2.05) is 36.4 Å². The third-order valence-corrected chi connectivity index (χ3v) is 4.68. The van der Waals surface area contributed by atoms with Crippen LogP contribution in [0.15, 0.2) is 53.0 Å². The minimum atomic E-state index is -0.325. The molecule has 0 bridgehead atoms. The van der Waals surface area contributed by atoms with E-state index in [1.54, 1.807) is 12.1 Å². The van der Waals surface area contributed by atoms with Crippen LogP contribution >= 0.6 is 27.5 Å². The molecule has 27 heavy (non-hydrogen) atoms. The van der Waals surface area contributed by atoms with Crippen LogP contribution in [0.4, 0.5) is 5.69 Å². The number of hydrogen-bond acceptors (Lipinski definition) is 4. The lowest BCUT2D eigenvalue weighted by Crippen LogP contribution is -2.20. The van der Waals surface area contributed by atoms with Gasteiger partial charge in [-0.2, -0.15) is 0 Å². The number of anilines is 1. The third-order valence-electron chi connectivity index (χ3n) is 3.89. The fourth-order valence-corrected chi connectivity index (χ4v) is 3.19. The standard InChI is InChI=1S/C20H17BrClNO4/c1-25-18-10-17(19(26-2)9-16(18)22)23-20(24)11-27-15-6-4-12-7-14(21)5-3-13(12)8-15/h3-10H,11H2,1-2H3,(H,23,24). The second-order valence-corrected chi connectivity index (χ2v) is 7.00. The zero-order valence-electron chi connectivity index (χ0n) is 14.7. The summed E-state index contributed by atoms with van der Waals surface area (Å²) < 4.78 is 17.0. The highest BCUT2D eigenvalue weighted by molar-refractivity contribution is 9.10. The van der Waals surface area contributed by atoms with Gasteiger partial charge in [-0.3, -0.25) is 4.79 Å². The molecule has 140 valence electrons. The van der Waals surface area contributed by atoms with Gasteiger partial charge in [-0.15, -0.1) is 0 Å². The van der Waals surface area contributed by atoms with E-state index in [2.05, 4.69) is 21.2 Å². The van der Waals surface area contributed by atoms with Crippen molar-refractivity contribution in [2.75, 3.05) is 26.1 Å². The maximum absolute atomic E-state index is 12.3. The molecule has 3 aromatic carbocycles. The Balaban J connectivity index is 1.69. The maximum Gasteiger partial charge on any atom is 0.262 e. The van der Waals surface area contributed by atoms with Crippen LogP contribution in [0.1, 0.15) is 0 Å². The van der Waals surface area contributed by atoms with Crippen molar-refractivity contribution in [1.82, 2.24) is 0 Å². The summed E-state index contributed by atoms with van der Waals surface area (Å²) in [6.07, 6.45) is 0. The first kappa shape index (κ1) is 19.3. The summed E-state index contributed by atoms with van der Waals surface area (Å²) in [6.45, 7) is -0.143. The molecule has 0 aliphatic carbocycles. The van der Waals surface area contributed by atoms with Gasteiger partial charge >= 0.3 is 0 Å². The molecule has 0 atom stereocenters. The monoisotopic (exact) mass is 449 g/mol. The van der Waals surface area contributed by atoms with Crippen molar-refractivity contribution in [1.29, 1.82) is 0 Å². The average molecular weight is 451 g/mol. The lowest BCUT2D eigenvalue weighted by Gasteiger charge is -2.13. The second-order valence-electron chi connectivity index (χ2n) is 5.68. The third kappa shape index (κ3) is 4.64. The number of benzene rings is 3. The quantitative estimate of drug-likeness (QED) is 0.554. The topological polar surface area (TPSA) is 56.8 Å². The van der Waals surface area contributed by atoms with Gasteiger partial charge in [0.15, 0.2) is 6.61 Å². The van der Waals surface area contributed by atoms with Crippen molar-refractivity contribution in [2.45, 2.75) is 0 Å². The summed E-state index contributed by atoms with van der Waals surface area (Å²) in [4.78, 5) is 12.3. The van der Waals surface area contributed by atoms with Gasteiger partial charge in [-0.25, -0.2) is 0 Å². The predicted octanol–water partition coefficient (Wildman–Crippen LogP) is 5.29. The molecule has 1 amide bonds. The van der Waals surface area contributed by atoms with Crippen molar-refractivity contribution in [3.63, 3.8) is 0 Å². The first-order chi connectivity index (χ1) is 13.0. The molecule has 0 spiro atoms. The van der Waals surface area contributed by atoms with Crippen molar-refractivity contribution in [3.05, 3.63) is 58.0 Å². The van der Waals surface area contributed by atoms with Crippen LogP contribution < -0.4 is 19.5 Å². The number of ether oxygens (including phenoxy) is 3. The molecule has 0 heterocycles. The zero-order valence-corrected chi connectivity index (χ0v) is 17.1. The minimum Gasteiger partial charge on any atom is -0.495 e. The molecule has 3 aromatic rings. The van der Waals surface area contributed by atoms with Gasteiger partial charge in [0.25, 0.3) is 5.91 Å². The molecule has 3 rings (SSSR count). The lowest BCUT2D eigenvalue weighted by atomic mass is 10.1. The van der Waals surface area contributed by atoms with E-state index in [-0.39, 0.29) is 12.5 Å². The normalized spacial score (nSPS) is 10.5. The van der Waals surface area contributed by atoms with E-state index in [0.717, 1.165) is 15.2 Å². The number of hydrogen-bond donors (Lipinski definition) is 1. The van der Waals surface area contributed by atoms with Crippen molar-refractivity contribution >= 4 is 49.9 Å². The smallest absolute Gasteiger partial charge is 0.262 e. The van der Waals surface area contributed by atoms with Gasteiger partial charge in [0.2, 0.25) is 0 Å². The van der Waals surface area contributed by atoms with E-state index < -0.39 is 0 Å². The molecule has 7 heteroatoms. The molecular weight excluding hydrogens is 434 g/mol. The Morgan fingerprint density at radius 1 is 1.00 bits per heavy atom. The molecule has 0 fully saturated rings. The minimum absolute atomic E-state index is 0.143. The largest absolute Gasteiger partial charge is 0.495 e. The van der Waals surface area contributed by atoms with Crippen LogP contribution in [0.25, 0.3) is 10.8 Å². The van der Waals surface area contributed by atoms with Gasteiger partial charge in [0, 0.05) is 16.6 Å². The number of fused-ring (bicyclic) bond motifs is 1. The van der Waals surface area contributed by atoms with E-state index >= 15 is 0 Å². The van der Waals surface area contributed by atoms with Crippen molar-refractivity contribution in [3.8, 4) is 17.2 Å². The molecule has 0 saturated heterocycles. The Morgan fingerprint density at radius 2 is 1.70 bits per heavy atom. The Kier molecular flexibility index (Phi) is 6.08. The molecular formula is C20H17BrClNO4. The number of amides is 1. The Bertz CT molecular complexity index is 993. The molecule has 1 N–H and O–H groups in total. The Morgan fingerprint density at radius 3 is 2.44 bits per heavy atom. The molecule has 0 aliphatic heterocycles. The predicted molar refractivity (Wildman–Crippen MR) is 110 cm³/mol.